The number of nitrogens with two attached hydrogens (primary N) is 1. The molecule has 0 saturated carbocycles. The highest BCUT2D eigenvalue weighted by Gasteiger charge is 2.20. The summed E-state index contributed by atoms with van der Waals surface area (Å²) < 4.78 is 1.39. The van der Waals surface area contributed by atoms with E-state index in [1.165, 1.54) is 27.8 Å². The van der Waals surface area contributed by atoms with Crippen LogP contribution in [-0.2, 0) is 4.79 Å². The summed E-state index contributed by atoms with van der Waals surface area (Å²) in [6.07, 6.45) is 0. The SMILES string of the molecule is C[C@@H](Sc1nnc(-c2cccs2)n1N)C(=O)Nc1ccc(C#N)cc1. The fourth-order valence-corrected chi connectivity index (χ4v) is 3.49. The molecule has 0 aliphatic heterocycles. The van der Waals surface area contributed by atoms with E-state index >= 15 is 0 Å². The standard InChI is InChI=1S/C16H14N6OS2/c1-10(15(23)19-12-6-4-11(9-17)5-7-12)25-16-21-20-14(22(16)18)13-3-2-8-24-13/h2-8,10H,18H2,1H3,(H,19,23)/t10-/m1/s1. The van der Waals surface area contributed by atoms with Crippen LogP contribution in [0.4, 0.5) is 5.69 Å². The van der Waals surface area contributed by atoms with Gasteiger partial charge >= 0.3 is 0 Å². The summed E-state index contributed by atoms with van der Waals surface area (Å²) in [6, 6.07) is 12.5. The molecule has 0 unspecified atom stereocenters. The minimum atomic E-state index is -0.418. The molecule has 126 valence electrons. The second kappa shape index (κ2) is 7.38. The molecule has 1 aromatic carbocycles. The van der Waals surface area contributed by atoms with Gasteiger partial charge in [-0.15, -0.1) is 21.5 Å². The summed E-state index contributed by atoms with van der Waals surface area (Å²) in [5, 5.41) is 21.7. The van der Waals surface area contributed by atoms with Crippen molar-refractivity contribution in [3.63, 3.8) is 0 Å². The zero-order valence-corrected chi connectivity index (χ0v) is 14.8. The van der Waals surface area contributed by atoms with E-state index < -0.39 is 5.25 Å². The highest BCUT2D eigenvalue weighted by atomic mass is 32.2. The Morgan fingerprint density at radius 3 is 2.76 bits per heavy atom. The van der Waals surface area contributed by atoms with Gasteiger partial charge in [0.2, 0.25) is 11.1 Å². The minimum absolute atomic E-state index is 0.185. The van der Waals surface area contributed by atoms with Crippen molar-refractivity contribution in [3.05, 3.63) is 47.3 Å². The van der Waals surface area contributed by atoms with Gasteiger partial charge in [-0.05, 0) is 42.6 Å². The summed E-state index contributed by atoms with van der Waals surface area (Å²) in [6.45, 7) is 1.77. The second-order valence-electron chi connectivity index (χ2n) is 5.09. The van der Waals surface area contributed by atoms with Crippen LogP contribution in [0.3, 0.4) is 0 Å². The molecule has 0 aliphatic rings. The molecule has 0 saturated heterocycles. The van der Waals surface area contributed by atoms with Crippen LogP contribution in [-0.4, -0.2) is 26.0 Å². The highest BCUT2D eigenvalue weighted by Crippen LogP contribution is 2.27. The Morgan fingerprint density at radius 2 is 2.12 bits per heavy atom. The molecule has 3 N–H and O–H groups in total. The van der Waals surface area contributed by atoms with Crippen LogP contribution < -0.4 is 11.2 Å². The number of thioether (sulfide) groups is 1. The van der Waals surface area contributed by atoms with E-state index in [0.29, 0.717) is 22.2 Å². The van der Waals surface area contributed by atoms with Crippen LogP contribution in [0.25, 0.3) is 10.7 Å². The molecule has 0 aliphatic carbocycles. The Kier molecular flexibility index (Phi) is 5.02. The molecular weight excluding hydrogens is 356 g/mol. The largest absolute Gasteiger partial charge is 0.335 e. The van der Waals surface area contributed by atoms with E-state index in [1.54, 1.807) is 31.2 Å². The minimum Gasteiger partial charge on any atom is -0.335 e. The second-order valence-corrected chi connectivity index (χ2v) is 7.35. The lowest BCUT2D eigenvalue weighted by molar-refractivity contribution is -0.115. The zero-order valence-electron chi connectivity index (χ0n) is 13.2. The van der Waals surface area contributed by atoms with Crippen molar-refractivity contribution in [1.29, 1.82) is 5.26 Å². The molecule has 0 bridgehead atoms. The van der Waals surface area contributed by atoms with Gasteiger partial charge in [0.05, 0.1) is 21.8 Å². The Labute approximate surface area is 152 Å². The van der Waals surface area contributed by atoms with E-state index in [1.807, 2.05) is 23.6 Å². The smallest absolute Gasteiger partial charge is 0.237 e. The monoisotopic (exact) mass is 370 g/mol. The van der Waals surface area contributed by atoms with Crippen molar-refractivity contribution < 1.29 is 4.79 Å². The summed E-state index contributed by atoms with van der Waals surface area (Å²) in [5.74, 6) is 6.42. The van der Waals surface area contributed by atoms with Crippen LogP contribution in [0, 0.1) is 11.3 Å². The van der Waals surface area contributed by atoms with E-state index in [9.17, 15) is 4.79 Å². The van der Waals surface area contributed by atoms with Crippen LogP contribution >= 0.6 is 23.1 Å². The van der Waals surface area contributed by atoms with Crippen LogP contribution in [0.1, 0.15) is 12.5 Å². The number of nitrogens with one attached hydrogen (secondary N) is 1. The Morgan fingerprint density at radius 1 is 1.36 bits per heavy atom. The summed E-state index contributed by atoms with van der Waals surface area (Å²) in [7, 11) is 0. The van der Waals surface area contributed by atoms with E-state index in [4.69, 9.17) is 11.1 Å². The summed E-state index contributed by atoms with van der Waals surface area (Å²) in [5.41, 5.74) is 1.17. The fraction of sp³-hybridized carbons (Fsp3) is 0.125. The fourth-order valence-electron chi connectivity index (χ4n) is 2.01. The third kappa shape index (κ3) is 3.81. The van der Waals surface area contributed by atoms with Crippen LogP contribution in [0.5, 0.6) is 0 Å². The number of carbonyl (C=O) groups excluding carboxylic acids is 1. The third-order valence-corrected chi connectivity index (χ3v) is 5.26. The number of hydrogen-bond acceptors (Lipinski definition) is 7. The molecule has 25 heavy (non-hydrogen) atoms. The van der Waals surface area contributed by atoms with Gasteiger partial charge in [-0.3, -0.25) is 4.79 Å². The number of hydrogen-bond donors (Lipinski definition) is 2. The predicted molar refractivity (Wildman–Crippen MR) is 98.6 cm³/mol. The van der Waals surface area contributed by atoms with Gasteiger partial charge in [0.15, 0.2) is 5.82 Å². The average molecular weight is 370 g/mol. The van der Waals surface area contributed by atoms with E-state index in [2.05, 4.69) is 15.5 Å². The van der Waals surface area contributed by atoms with Crippen molar-refractivity contribution in [1.82, 2.24) is 14.9 Å². The molecule has 0 spiro atoms. The molecule has 9 heteroatoms. The highest BCUT2D eigenvalue weighted by molar-refractivity contribution is 8.00. The van der Waals surface area contributed by atoms with Crippen molar-refractivity contribution in [2.75, 3.05) is 11.2 Å². The van der Waals surface area contributed by atoms with Crippen LogP contribution in [0.15, 0.2) is 46.9 Å². The number of benzene rings is 1. The first-order chi connectivity index (χ1) is 12.1. The number of anilines is 1. The lowest BCUT2D eigenvalue weighted by atomic mass is 10.2. The molecule has 0 fully saturated rings. The summed E-state index contributed by atoms with van der Waals surface area (Å²) in [4.78, 5) is 13.2. The topological polar surface area (TPSA) is 110 Å². The van der Waals surface area contributed by atoms with Gasteiger partial charge in [-0.25, -0.2) is 4.68 Å². The molecule has 2 heterocycles. The van der Waals surface area contributed by atoms with Gasteiger partial charge in [-0.1, -0.05) is 17.8 Å². The maximum Gasteiger partial charge on any atom is 0.237 e. The van der Waals surface area contributed by atoms with Gasteiger partial charge in [0.25, 0.3) is 0 Å². The molecule has 2 aromatic heterocycles. The average Bonchev–Trinajstić information content (AvgIpc) is 3.26. The number of nitrogen functional groups attached to an aromatic ring is 1. The molecule has 3 rings (SSSR count). The maximum absolute atomic E-state index is 12.3. The molecule has 1 amide bonds. The Balaban J connectivity index is 1.66. The number of nitriles is 1. The Bertz CT molecular complexity index is 911. The Hall–Kier alpha value is -2.83. The lowest BCUT2D eigenvalue weighted by Crippen LogP contribution is -2.23. The number of thiophene rings is 1. The molecule has 3 aromatic rings. The predicted octanol–water partition coefficient (Wildman–Crippen LogP) is 2.71. The lowest BCUT2D eigenvalue weighted by Gasteiger charge is -2.11. The van der Waals surface area contributed by atoms with Crippen molar-refractivity contribution >= 4 is 34.7 Å². The molecule has 1 atom stereocenters. The van der Waals surface area contributed by atoms with Gasteiger partial charge < -0.3 is 11.2 Å². The maximum atomic E-state index is 12.3. The van der Waals surface area contributed by atoms with Crippen molar-refractivity contribution in [3.8, 4) is 16.8 Å². The van der Waals surface area contributed by atoms with Gasteiger partial charge in [0.1, 0.15) is 0 Å². The normalized spacial score (nSPS) is 11.7. The molecule has 7 nitrogen and oxygen atoms in total. The molecular formula is C16H14N6OS2. The number of amides is 1. The first-order valence-corrected chi connectivity index (χ1v) is 9.06. The van der Waals surface area contributed by atoms with Gasteiger partial charge in [0, 0.05) is 5.69 Å². The number of nitrogens with zero attached hydrogens (tertiary/aromatic N) is 4. The number of carbonyl (C=O) groups is 1. The third-order valence-electron chi connectivity index (χ3n) is 3.34. The molecule has 0 radical (unpaired) electrons. The van der Waals surface area contributed by atoms with Crippen molar-refractivity contribution in [2.45, 2.75) is 17.3 Å². The summed E-state index contributed by atoms with van der Waals surface area (Å²) >= 11 is 2.75. The van der Waals surface area contributed by atoms with Crippen LogP contribution in [0.2, 0.25) is 0 Å². The van der Waals surface area contributed by atoms with Gasteiger partial charge in [-0.2, -0.15) is 5.26 Å². The zero-order chi connectivity index (χ0) is 17.8. The quantitative estimate of drug-likeness (QED) is 0.528. The van der Waals surface area contributed by atoms with E-state index in [-0.39, 0.29) is 5.91 Å². The number of aromatic nitrogens is 3. The first-order valence-electron chi connectivity index (χ1n) is 7.30. The number of rotatable bonds is 5. The van der Waals surface area contributed by atoms with Crippen molar-refractivity contribution in [2.24, 2.45) is 0 Å². The first kappa shape index (κ1) is 17.0. The van der Waals surface area contributed by atoms with E-state index in [0.717, 1.165) is 4.88 Å².